The van der Waals surface area contributed by atoms with Crippen molar-refractivity contribution in [1.82, 2.24) is 4.90 Å². The molecule has 29 nitrogen and oxygen atoms in total. The summed E-state index contributed by atoms with van der Waals surface area (Å²) >= 11 is 0. The second-order valence-electron chi connectivity index (χ2n) is 15.8. The summed E-state index contributed by atoms with van der Waals surface area (Å²) in [5.41, 5.74) is 48.2. The molecule has 67 heavy (non-hydrogen) atoms. The van der Waals surface area contributed by atoms with Gasteiger partial charge in [0.25, 0.3) is 0 Å². The Balaban J connectivity index is 1.25. The number of rotatable bonds is 19. The molecule has 3 heterocycles. The minimum Gasteiger partial charge on any atom is -0.445 e. The maximum absolute atomic E-state index is 13.6. The van der Waals surface area contributed by atoms with Crippen LogP contribution >= 0.6 is 0 Å². The van der Waals surface area contributed by atoms with Crippen molar-refractivity contribution in [3.05, 3.63) is 124 Å². The molecule has 358 valence electrons. The van der Waals surface area contributed by atoms with Crippen LogP contribution in [-0.4, -0.2) is 160 Å². The Labute approximate surface area is 379 Å². The first kappa shape index (κ1) is 50.2. The average molecular weight is 937 g/mol. The first-order valence-corrected chi connectivity index (χ1v) is 21.0. The summed E-state index contributed by atoms with van der Waals surface area (Å²) in [7, 11) is 0. The molecule has 29 heteroatoms. The minimum atomic E-state index is -1.89. The molecule has 4 aliphatic rings. The molecule has 1 aliphatic carbocycles. The van der Waals surface area contributed by atoms with Crippen LogP contribution in [-0.2, 0) is 46.3 Å². The van der Waals surface area contributed by atoms with Gasteiger partial charge in [-0.3, -0.25) is 0 Å². The molecule has 0 radical (unpaired) electrons. The fourth-order valence-electron chi connectivity index (χ4n) is 8.26. The van der Waals surface area contributed by atoms with Gasteiger partial charge in [0.15, 0.2) is 18.9 Å². The molecule has 4 fully saturated rings. The normalized spacial score (nSPS) is 34.7. The predicted octanol–water partition coefficient (Wildman–Crippen LogP) is 3.80. The summed E-state index contributed by atoms with van der Waals surface area (Å²) in [6, 6.07) is 13.0. The summed E-state index contributed by atoms with van der Waals surface area (Å²) in [4.78, 5) is 29.0. The molecule has 0 aromatic heterocycles. The highest BCUT2D eigenvalue weighted by Crippen LogP contribution is 2.38. The summed E-state index contributed by atoms with van der Waals surface area (Å²) in [6.07, 6.45) is -21.1. The predicted molar refractivity (Wildman–Crippen MR) is 225 cm³/mol. The Morgan fingerprint density at radius 2 is 1.25 bits per heavy atom. The van der Waals surface area contributed by atoms with Crippen molar-refractivity contribution in [2.24, 2.45) is 25.6 Å². The fraction of sp³-hybridized carbons (Fsp3) is 0.658. The van der Waals surface area contributed by atoms with Crippen molar-refractivity contribution >= 4 is 6.09 Å². The summed E-state index contributed by atoms with van der Waals surface area (Å²) < 4.78 is 42.1. The summed E-state index contributed by atoms with van der Waals surface area (Å²) in [6.45, 7) is -1.24. The lowest BCUT2D eigenvalue weighted by atomic mass is 9.84. The van der Waals surface area contributed by atoms with Crippen LogP contribution in [0.3, 0.4) is 0 Å². The van der Waals surface area contributed by atoms with E-state index in [2.05, 4.69) is 50.1 Å². The molecule has 1 saturated carbocycles. The molecule has 2 aromatic carbocycles. The third-order valence-corrected chi connectivity index (χ3v) is 11.6. The van der Waals surface area contributed by atoms with Crippen molar-refractivity contribution < 1.29 is 63.5 Å². The Morgan fingerprint density at radius 1 is 0.642 bits per heavy atom. The van der Waals surface area contributed by atoms with Gasteiger partial charge < -0.3 is 63.6 Å². The zero-order valence-corrected chi connectivity index (χ0v) is 35.4. The molecule has 0 bridgehead atoms. The largest absolute Gasteiger partial charge is 0.445 e. The molecule has 0 spiro atoms. The lowest BCUT2D eigenvalue weighted by Gasteiger charge is -2.45. The Bertz CT molecular complexity index is 2190. The maximum Gasteiger partial charge on any atom is 0.410 e. The van der Waals surface area contributed by atoms with Crippen molar-refractivity contribution in [1.29, 1.82) is 0 Å². The van der Waals surface area contributed by atoms with E-state index in [1.54, 1.807) is 0 Å². The number of amides is 1. The van der Waals surface area contributed by atoms with Crippen LogP contribution in [0.4, 0.5) is 4.79 Å². The number of ether oxygens (including phenoxy) is 7. The molecule has 6 rings (SSSR count). The number of nitrogens with zero attached hydrogens (tertiary/aromatic N) is 16. The summed E-state index contributed by atoms with van der Waals surface area (Å²) in [5, 5.41) is 73.2. The quantitative estimate of drug-likeness (QED) is 0.0761. The van der Waals surface area contributed by atoms with E-state index in [9.17, 15) is 52.5 Å². The highest BCUT2D eigenvalue weighted by Gasteiger charge is 2.54. The molecule has 1 amide bonds. The highest BCUT2D eigenvalue weighted by molar-refractivity contribution is 5.67. The van der Waals surface area contributed by atoms with E-state index in [0.717, 1.165) is 11.1 Å². The third-order valence-electron chi connectivity index (χ3n) is 11.6. The molecule has 0 unspecified atom stereocenters. The Hall–Kier alpha value is -6.18. The zero-order valence-electron chi connectivity index (χ0n) is 35.4. The standard InChI is InChI=1S/C38H48N16O13/c39-49-44-14-25-29(57)30(58)27(48-53-43)36(63-25)66-33-26(17-55)64-37(31(33)59)67-34-28(56)23(46-51-41)13-24(47-52-42)32(34)65-35-22(45-50-40)12-11-21(62-35)16-54(15-19-7-3-1-4-8-19)38(60)61-18-20-9-5-2-6-10-20/h1-10,21-37,55-59H,11-18H2/t21-,22+,23+,24-,25-,26+,27+,28-,29+,30+,31+,32+,33+,34+,35+,36+,37-/m0/s1. The number of aliphatic hydroxyl groups is 5. The molecule has 3 aliphatic heterocycles. The van der Waals surface area contributed by atoms with Gasteiger partial charge in [0, 0.05) is 31.1 Å². The molecular formula is C38H48N16O13. The van der Waals surface area contributed by atoms with E-state index in [1.807, 2.05) is 60.7 Å². The average Bonchev–Trinajstić information content (AvgIpc) is 3.63. The van der Waals surface area contributed by atoms with Gasteiger partial charge in [-0.05, 0) is 58.0 Å². The van der Waals surface area contributed by atoms with E-state index in [-0.39, 0.29) is 39.0 Å². The van der Waals surface area contributed by atoms with Gasteiger partial charge in [-0.1, -0.05) is 86.2 Å². The van der Waals surface area contributed by atoms with E-state index < -0.39 is 123 Å². The summed E-state index contributed by atoms with van der Waals surface area (Å²) in [5.74, 6) is 0. The SMILES string of the molecule is [N-]=[N+]=NC[C@@H]1O[C@H](O[C@H]2[C@@H](O)[C@H](O[C@@H]3[C@@H](O)[C@H](N=[N+]=[N-])C[C@H](N=[N+]=[N-])[C@H]3O[C@H]3O[C@H](CN(Cc4ccccc4)C(=O)OCc4ccccc4)CC[C@H]3N=[N+]=[N-])O[C@@H]2CO)[C@H](N=[N+]=[N-])[C@@H](O)[C@@H]1O. The lowest BCUT2D eigenvalue weighted by molar-refractivity contribution is -0.289. The monoisotopic (exact) mass is 936 g/mol. The Morgan fingerprint density at radius 3 is 1.91 bits per heavy atom. The molecular weight excluding hydrogens is 889 g/mol. The van der Waals surface area contributed by atoms with E-state index in [0.29, 0.717) is 0 Å². The van der Waals surface area contributed by atoms with Crippen LogP contribution in [0.1, 0.15) is 30.4 Å². The highest BCUT2D eigenvalue weighted by atomic mass is 16.8. The van der Waals surface area contributed by atoms with Crippen LogP contribution in [0.5, 0.6) is 0 Å². The topological polar surface area (TPSA) is 430 Å². The second kappa shape index (κ2) is 24.5. The van der Waals surface area contributed by atoms with Gasteiger partial charge in [-0.15, -0.1) is 0 Å². The second-order valence-corrected chi connectivity index (χ2v) is 15.8. The number of carbonyl (C=O) groups excluding carboxylic acids is 1. The fourth-order valence-corrected chi connectivity index (χ4v) is 8.26. The van der Waals surface area contributed by atoms with Gasteiger partial charge in [0.2, 0.25) is 0 Å². The van der Waals surface area contributed by atoms with E-state index in [1.165, 1.54) is 4.90 Å². The molecule has 5 N–H and O–H groups in total. The first-order chi connectivity index (χ1) is 32.5. The number of hydrogen-bond donors (Lipinski definition) is 5. The molecule has 17 atom stereocenters. The van der Waals surface area contributed by atoms with Gasteiger partial charge in [-0.25, -0.2) is 4.79 Å². The molecule has 3 saturated heterocycles. The third kappa shape index (κ3) is 12.6. The smallest absolute Gasteiger partial charge is 0.410 e. The van der Waals surface area contributed by atoms with Gasteiger partial charge in [-0.2, -0.15) is 0 Å². The maximum atomic E-state index is 13.6. The van der Waals surface area contributed by atoms with Crippen LogP contribution in [0.15, 0.2) is 86.2 Å². The number of azide groups is 5. The lowest BCUT2D eigenvalue weighted by Crippen LogP contribution is -2.61. The number of aliphatic hydroxyl groups excluding tert-OH is 5. The molecule has 2 aromatic rings. The van der Waals surface area contributed by atoms with E-state index >= 15 is 0 Å². The number of benzene rings is 2. The van der Waals surface area contributed by atoms with Crippen molar-refractivity contribution in [2.45, 2.75) is 136 Å². The van der Waals surface area contributed by atoms with Gasteiger partial charge in [0.1, 0.15) is 43.2 Å². The van der Waals surface area contributed by atoms with Crippen LogP contribution in [0, 0.1) is 0 Å². The Kier molecular flexibility index (Phi) is 18.4. The zero-order chi connectivity index (χ0) is 47.9. The number of carbonyl (C=O) groups is 1. The van der Waals surface area contributed by atoms with Crippen LogP contribution < -0.4 is 0 Å². The van der Waals surface area contributed by atoms with Gasteiger partial charge in [0.05, 0.1) is 68.3 Å². The van der Waals surface area contributed by atoms with E-state index in [4.69, 9.17) is 38.7 Å². The van der Waals surface area contributed by atoms with Crippen molar-refractivity contribution in [2.75, 3.05) is 19.7 Å². The van der Waals surface area contributed by atoms with Crippen molar-refractivity contribution in [3.8, 4) is 0 Å². The van der Waals surface area contributed by atoms with Crippen LogP contribution in [0.25, 0.3) is 52.2 Å². The first-order valence-electron chi connectivity index (χ1n) is 21.0. The minimum absolute atomic E-state index is 0.00718. The van der Waals surface area contributed by atoms with Crippen molar-refractivity contribution in [3.63, 3.8) is 0 Å². The van der Waals surface area contributed by atoms with Crippen LogP contribution in [0.2, 0.25) is 0 Å². The van der Waals surface area contributed by atoms with Gasteiger partial charge >= 0.3 is 6.09 Å². The number of hydrogen-bond acceptors (Lipinski definition) is 18.